The fraction of sp³-hybridized carbons (Fsp3) is 0.238. The van der Waals surface area contributed by atoms with Crippen molar-refractivity contribution in [1.29, 1.82) is 0 Å². The first-order chi connectivity index (χ1) is 15.8. The van der Waals surface area contributed by atoms with E-state index in [2.05, 4.69) is 20.2 Å². The number of hydrogen-bond acceptors (Lipinski definition) is 6. The Morgan fingerprint density at radius 3 is 2.61 bits per heavy atom. The second-order valence-corrected chi connectivity index (χ2v) is 7.39. The smallest absolute Gasteiger partial charge is 0.286 e. The molecule has 33 heavy (non-hydrogen) atoms. The Kier molecular flexibility index (Phi) is 5.82. The minimum absolute atomic E-state index is 0.0952. The molecule has 0 spiro atoms. The van der Waals surface area contributed by atoms with Gasteiger partial charge in [0.1, 0.15) is 11.5 Å². The van der Waals surface area contributed by atoms with E-state index < -0.39 is 17.5 Å². The number of halogens is 2. The van der Waals surface area contributed by atoms with E-state index in [0.717, 1.165) is 41.3 Å². The van der Waals surface area contributed by atoms with Crippen LogP contribution in [0.15, 0.2) is 36.7 Å². The van der Waals surface area contributed by atoms with Gasteiger partial charge in [-0.2, -0.15) is 10.2 Å². The zero-order valence-corrected chi connectivity index (χ0v) is 17.9. The Bertz CT molecular complexity index is 1340. The summed E-state index contributed by atoms with van der Waals surface area (Å²) in [5.74, 6) is -1.59. The summed E-state index contributed by atoms with van der Waals surface area (Å²) in [6.07, 6.45) is 4.16. The van der Waals surface area contributed by atoms with E-state index in [1.165, 1.54) is 18.5 Å². The summed E-state index contributed by atoms with van der Waals surface area (Å²) in [6.45, 7) is 2.79. The van der Waals surface area contributed by atoms with E-state index in [4.69, 9.17) is 5.73 Å². The molecule has 12 heteroatoms. The number of fused-ring (bicyclic) bond motifs is 2. The van der Waals surface area contributed by atoms with Crippen molar-refractivity contribution in [1.82, 2.24) is 29.5 Å². The summed E-state index contributed by atoms with van der Waals surface area (Å²) >= 11 is 0. The Morgan fingerprint density at radius 1 is 1.18 bits per heavy atom. The van der Waals surface area contributed by atoms with Crippen LogP contribution in [-0.4, -0.2) is 48.4 Å². The largest absolute Gasteiger partial charge is 0.363 e. The molecule has 3 aromatic heterocycles. The number of nitrogens with zero attached hydrogens (tertiary/aromatic N) is 7. The van der Waals surface area contributed by atoms with Gasteiger partial charge in [0.05, 0.1) is 17.3 Å². The van der Waals surface area contributed by atoms with Gasteiger partial charge in [0.25, 0.3) is 5.91 Å². The number of anilines is 1. The topological polar surface area (TPSA) is 125 Å². The molecule has 0 atom stereocenters. The molecule has 170 valence electrons. The van der Waals surface area contributed by atoms with Gasteiger partial charge in [-0.1, -0.05) is 6.07 Å². The van der Waals surface area contributed by atoms with E-state index >= 15 is 0 Å². The lowest BCUT2D eigenvalue weighted by atomic mass is 10.3. The van der Waals surface area contributed by atoms with Gasteiger partial charge in [-0.05, 0) is 25.5 Å². The first-order valence-corrected chi connectivity index (χ1v) is 10.0. The molecule has 0 radical (unpaired) electrons. The molecule has 0 saturated heterocycles. The van der Waals surface area contributed by atoms with Crippen LogP contribution in [0.3, 0.4) is 0 Å². The van der Waals surface area contributed by atoms with Crippen LogP contribution in [0.1, 0.15) is 29.2 Å². The molecule has 0 saturated carbocycles. The summed E-state index contributed by atoms with van der Waals surface area (Å²) < 4.78 is 30.4. The van der Waals surface area contributed by atoms with Crippen molar-refractivity contribution in [2.75, 3.05) is 11.9 Å². The van der Waals surface area contributed by atoms with Gasteiger partial charge in [-0.3, -0.25) is 9.59 Å². The molecule has 5 rings (SSSR count). The minimum atomic E-state index is -0.839. The van der Waals surface area contributed by atoms with Crippen LogP contribution in [0.25, 0.3) is 16.7 Å². The monoisotopic (exact) mass is 454 g/mol. The van der Waals surface area contributed by atoms with E-state index in [1.807, 2.05) is 17.7 Å². The fourth-order valence-corrected chi connectivity index (χ4v) is 3.43. The molecule has 0 bridgehead atoms. The second kappa shape index (κ2) is 8.73. The lowest BCUT2D eigenvalue weighted by molar-refractivity contribution is -0.118. The number of benzene rings is 1. The zero-order valence-electron chi connectivity index (χ0n) is 17.9. The average Bonchev–Trinajstić information content (AvgIpc) is 3.33. The number of aryl methyl sites for hydroxylation is 2. The third kappa shape index (κ3) is 4.27. The molecule has 2 amide bonds. The molecule has 1 aromatic carbocycles. The van der Waals surface area contributed by atoms with Gasteiger partial charge < -0.3 is 10.6 Å². The summed E-state index contributed by atoms with van der Waals surface area (Å²) in [7, 11) is 1.81. The average molecular weight is 454 g/mol. The van der Waals surface area contributed by atoms with Crippen LogP contribution in [0.5, 0.6) is 0 Å². The van der Waals surface area contributed by atoms with Crippen LogP contribution in [0, 0.1) is 18.6 Å². The van der Waals surface area contributed by atoms with Gasteiger partial charge in [0.2, 0.25) is 11.7 Å². The number of aromatic nitrogens is 6. The highest BCUT2D eigenvalue weighted by Gasteiger charge is 2.20. The van der Waals surface area contributed by atoms with Gasteiger partial charge in [0.15, 0.2) is 17.3 Å². The van der Waals surface area contributed by atoms with Crippen molar-refractivity contribution in [2.24, 2.45) is 5.73 Å². The fourth-order valence-electron chi connectivity index (χ4n) is 3.43. The lowest BCUT2D eigenvalue weighted by Crippen LogP contribution is -2.25. The molecule has 4 heterocycles. The number of para-hydroxylation sites is 1. The second-order valence-electron chi connectivity index (χ2n) is 7.39. The maximum absolute atomic E-state index is 13.8. The summed E-state index contributed by atoms with van der Waals surface area (Å²) in [4.78, 5) is 31.8. The molecule has 4 aromatic rings. The number of rotatable bonds is 2. The quantitative estimate of drug-likeness (QED) is 0.495. The highest BCUT2D eigenvalue weighted by atomic mass is 19.1. The normalized spacial score (nSPS) is 13.3. The van der Waals surface area contributed by atoms with Gasteiger partial charge in [0, 0.05) is 32.3 Å². The molecule has 1 aliphatic heterocycles. The summed E-state index contributed by atoms with van der Waals surface area (Å²) in [5, 5.41) is 8.62. The molecule has 0 aliphatic carbocycles. The predicted octanol–water partition coefficient (Wildman–Crippen LogP) is 2.14. The Hall–Kier alpha value is -4.22. The van der Waals surface area contributed by atoms with Gasteiger partial charge >= 0.3 is 0 Å². The van der Waals surface area contributed by atoms with E-state index in [0.29, 0.717) is 11.8 Å². The predicted molar refractivity (Wildman–Crippen MR) is 115 cm³/mol. The number of primary amides is 1. The molecular weight excluding hydrogens is 434 g/mol. The van der Waals surface area contributed by atoms with E-state index in [-0.39, 0.29) is 23.1 Å². The first kappa shape index (κ1) is 22.0. The van der Waals surface area contributed by atoms with Crippen LogP contribution in [-0.2, 0) is 11.3 Å². The van der Waals surface area contributed by atoms with Gasteiger partial charge in [-0.15, -0.1) is 0 Å². The standard InChI is InChI=1S/C12H7F2N5O.C9H13N3O/c13-7-2-1-3-8(14)9(7)19-12-6(5-17-19)4-16-11(18-12)10(15)20;1-7-6-8-11(2)9(13)4-3-5-12(8)10-7/h1-5H,(H2,15,20);6H,3-5H2,1-2H3. The molecule has 1 aliphatic rings. The highest BCUT2D eigenvalue weighted by molar-refractivity contribution is 5.92. The van der Waals surface area contributed by atoms with Gasteiger partial charge in [-0.25, -0.2) is 28.1 Å². The van der Waals surface area contributed by atoms with Crippen LogP contribution in [0.2, 0.25) is 0 Å². The number of amides is 2. The summed E-state index contributed by atoms with van der Waals surface area (Å²) in [5.41, 5.74) is 5.77. The van der Waals surface area contributed by atoms with Crippen LogP contribution >= 0.6 is 0 Å². The number of carbonyl (C=O) groups is 2. The van der Waals surface area contributed by atoms with Crippen molar-refractivity contribution >= 4 is 28.7 Å². The maximum atomic E-state index is 13.8. The summed E-state index contributed by atoms with van der Waals surface area (Å²) in [6, 6.07) is 5.39. The van der Waals surface area contributed by atoms with Crippen molar-refractivity contribution in [3.05, 3.63) is 59.8 Å². The first-order valence-electron chi connectivity index (χ1n) is 10.0. The zero-order chi connectivity index (χ0) is 23.7. The third-order valence-corrected chi connectivity index (χ3v) is 5.04. The maximum Gasteiger partial charge on any atom is 0.286 e. The third-order valence-electron chi connectivity index (χ3n) is 5.04. The van der Waals surface area contributed by atoms with E-state index in [9.17, 15) is 18.4 Å². The van der Waals surface area contributed by atoms with Crippen LogP contribution < -0.4 is 10.6 Å². The molecule has 0 fully saturated rings. The van der Waals surface area contributed by atoms with E-state index in [1.54, 1.807) is 11.9 Å². The Morgan fingerprint density at radius 2 is 1.91 bits per heavy atom. The van der Waals surface area contributed by atoms with Crippen molar-refractivity contribution in [3.63, 3.8) is 0 Å². The molecular formula is C21H20F2N8O2. The Labute approximate surface area is 186 Å². The number of nitrogens with two attached hydrogens (primary N) is 1. The lowest BCUT2D eigenvalue weighted by Gasteiger charge is -2.13. The number of hydrogen-bond donors (Lipinski definition) is 1. The molecule has 2 N–H and O–H groups in total. The Balaban J connectivity index is 0.000000172. The number of carbonyl (C=O) groups excluding carboxylic acids is 2. The van der Waals surface area contributed by atoms with Crippen LogP contribution in [0.4, 0.5) is 14.6 Å². The van der Waals surface area contributed by atoms with Crippen molar-refractivity contribution in [3.8, 4) is 5.69 Å². The van der Waals surface area contributed by atoms with Crippen molar-refractivity contribution < 1.29 is 18.4 Å². The SMILES string of the molecule is Cc1cc2n(n1)CCCC(=O)N2C.NC(=O)c1ncc2cnn(-c3c(F)cccc3F)c2n1. The molecule has 0 unspecified atom stereocenters. The minimum Gasteiger partial charge on any atom is -0.363 e. The molecule has 10 nitrogen and oxygen atoms in total. The van der Waals surface area contributed by atoms with Crippen molar-refractivity contribution in [2.45, 2.75) is 26.3 Å². The highest BCUT2D eigenvalue weighted by Crippen LogP contribution is 2.21.